The molecule has 1 atom stereocenters. The predicted molar refractivity (Wildman–Crippen MR) is 183 cm³/mol. The van der Waals surface area contributed by atoms with Crippen LogP contribution in [0, 0.1) is 19.8 Å². The molecule has 4 aromatic carbocycles. The first-order valence-electron chi connectivity index (χ1n) is 15.0. The highest BCUT2D eigenvalue weighted by Gasteiger charge is 2.34. The van der Waals surface area contributed by atoms with Crippen molar-refractivity contribution in [1.82, 2.24) is 10.2 Å². The van der Waals surface area contributed by atoms with Crippen molar-refractivity contribution in [3.05, 3.63) is 130 Å². The minimum absolute atomic E-state index is 0.0708. The van der Waals surface area contributed by atoms with Gasteiger partial charge >= 0.3 is 0 Å². The lowest BCUT2D eigenvalue weighted by Gasteiger charge is -2.34. The summed E-state index contributed by atoms with van der Waals surface area (Å²) in [6, 6.07) is 29.8. The van der Waals surface area contributed by atoms with Crippen LogP contribution in [-0.2, 0) is 32.6 Å². The van der Waals surface area contributed by atoms with Crippen LogP contribution in [0.5, 0.6) is 0 Å². The number of aryl methyl sites for hydroxylation is 2. The number of benzene rings is 4. The number of sulfonamides is 1. The third-order valence-corrected chi connectivity index (χ3v) is 9.69. The number of carbonyl (C=O) groups is 2. The van der Waals surface area contributed by atoms with E-state index >= 15 is 0 Å². The normalized spacial score (nSPS) is 12.0. The summed E-state index contributed by atoms with van der Waals surface area (Å²) in [5.74, 6) is -0.575. The number of halogens is 1. The third kappa shape index (κ3) is 9.28. The zero-order valence-electron chi connectivity index (χ0n) is 26.1. The summed E-state index contributed by atoms with van der Waals surface area (Å²) >= 11 is 3.45. The summed E-state index contributed by atoms with van der Waals surface area (Å²) in [7, 11) is -4.16. The molecule has 0 aromatic heterocycles. The van der Waals surface area contributed by atoms with E-state index in [0.717, 1.165) is 26.6 Å². The smallest absolute Gasteiger partial charge is 0.264 e. The maximum Gasteiger partial charge on any atom is 0.264 e. The second-order valence-electron chi connectivity index (χ2n) is 11.7. The van der Waals surface area contributed by atoms with Gasteiger partial charge in [0.15, 0.2) is 0 Å². The van der Waals surface area contributed by atoms with E-state index in [-0.39, 0.29) is 29.7 Å². The maximum absolute atomic E-state index is 14.5. The van der Waals surface area contributed by atoms with Crippen LogP contribution < -0.4 is 9.62 Å². The number of carbonyl (C=O) groups excluding carboxylic acids is 2. The van der Waals surface area contributed by atoms with Crippen LogP contribution in [0.1, 0.15) is 36.1 Å². The first kappa shape index (κ1) is 33.9. The molecule has 9 heteroatoms. The molecule has 4 rings (SSSR count). The Kier molecular flexibility index (Phi) is 11.6. The van der Waals surface area contributed by atoms with Crippen molar-refractivity contribution in [3.63, 3.8) is 0 Å². The van der Waals surface area contributed by atoms with E-state index in [2.05, 4.69) is 21.2 Å². The van der Waals surface area contributed by atoms with Crippen molar-refractivity contribution in [2.24, 2.45) is 5.92 Å². The Morgan fingerprint density at radius 3 is 2.02 bits per heavy atom. The first-order valence-corrected chi connectivity index (χ1v) is 17.2. The average molecular weight is 691 g/mol. The van der Waals surface area contributed by atoms with E-state index in [4.69, 9.17) is 0 Å². The van der Waals surface area contributed by atoms with Gasteiger partial charge in [0.05, 0.1) is 10.6 Å². The van der Waals surface area contributed by atoms with Crippen LogP contribution in [0.15, 0.2) is 112 Å². The monoisotopic (exact) mass is 689 g/mol. The Bertz CT molecular complexity index is 1690. The van der Waals surface area contributed by atoms with Gasteiger partial charge in [0, 0.05) is 24.0 Å². The summed E-state index contributed by atoms with van der Waals surface area (Å²) in [6.45, 7) is 7.95. The molecule has 0 bridgehead atoms. The number of anilines is 1. The Morgan fingerprint density at radius 2 is 1.42 bits per heavy atom. The molecule has 0 spiro atoms. The van der Waals surface area contributed by atoms with E-state index in [1.54, 1.807) is 48.5 Å². The van der Waals surface area contributed by atoms with Crippen molar-refractivity contribution in [3.8, 4) is 0 Å². The van der Waals surface area contributed by atoms with Crippen molar-refractivity contribution >= 4 is 43.5 Å². The summed E-state index contributed by atoms with van der Waals surface area (Å²) in [5, 5.41) is 3.02. The van der Waals surface area contributed by atoms with Crippen LogP contribution >= 0.6 is 15.9 Å². The molecule has 0 saturated carbocycles. The van der Waals surface area contributed by atoms with E-state index < -0.39 is 28.5 Å². The molecule has 0 radical (unpaired) electrons. The molecule has 7 nitrogen and oxygen atoms in total. The van der Waals surface area contributed by atoms with Crippen LogP contribution in [0.25, 0.3) is 0 Å². The number of hydrogen-bond acceptors (Lipinski definition) is 4. The van der Waals surface area contributed by atoms with Gasteiger partial charge in [-0.15, -0.1) is 0 Å². The highest BCUT2D eigenvalue weighted by atomic mass is 79.9. The fraction of sp³-hybridized carbons (Fsp3) is 0.278. The van der Waals surface area contributed by atoms with E-state index in [1.165, 1.54) is 4.90 Å². The summed E-state index contributed by atoms with van der Waals surface area (Å²) in [6.07, 6.45) is 0.268. The van der Waals surface area contributed by atoms with Crippen LogP contribution in [0.2, 0.25) is 0 Å². The molecule has 0 aliphatic carbocycles. The number of amides is 2. The van der Waals surface area contributed by atoms with Crippen LogP contribution in [0.3, 0.4) is 0 Å². The van der Waals surface area contributed by atoms with Gasteiger partial charge in [-0.3, -0.25) is 13.9 Å². The molecule has 45 heavy (non-hydrogen) atoms. The molecular weight excluding hydrogens is 650 g/mol. The minimum atomic E-state index is -4.16. The van der Waals surface area contributed by atoms with Gasteiger partial charge in [0.25, 0.3) is 10.0 Å². The number of nitrogens with zero attached hydrogens (tertiary/aromatic N) is 2. The molecule has 0 heterocycles. The second kappa shape index (κ2) is 15.4. The Morgan fingerprint density at radius 1 is 0.800 bits per heavy atom. The van der Waals surface area contributed by atoms with Crippen molar-refractivity contribution in [2.45, 2.75) is 51.6 Å². The van der Waals surface area contributed by atoms with Gasteiger partial charge in [0.2, 0.25) is 11.8 Å². The lowest BCUT2D eigenvalue weighted by Crippen LogP contribution is -2.53. The van der Waals surface area contributed by atoms with Crippen LogP contribution in [-0.4, -0.2) is 44.3 Å². The quantitative estimate of drug-likeness (QED) is 0.170. The van der Waals surface area contributed by atoms with Gasteiger partial charge in [0.1, 0.15) is 12.6 Å². The molecular formula is C36H40BrN3O4S. The molecule has 1 unspecified atom stereocenters. The number of nitrogens with one attached hydrogen (secondary N) is 1. The Hall–Kier alpha value is -3.95. The molecule has 1 N–H and O–H groups in total. The maximum atomic E-state index is 14.5. The minimum Gasteiger partial charge on any atom is -0.354 e. The van der Waals surface area contributed by atoms with E-state index in [1.807, 2.05) is 82.3 Å². The average Bonchev–Trinajstić information content (AvgIpc) is 3.01. The van der Waals surface area contributed by atoms with Gasteiger partial charge < -0.3 is 10.2 Å². The second-order valence-corrected chi connectivity index (χ2v) is 14.4. The molecule has 0 aliphatic heterocycles. The highest BCUT2D eigenvalue weighted by molar-refractivity contribution is 9.10. The zero-order chi connectivity index (χ0) is 32.6. The largest absolute Gasteiger partial charge is 0.354 e. The fourth-order valence-corrected chi connectivity index (χ4v) is 6.66. The molecule has 4 aromatic rings. The topological polar surface area (TPSA) is 86.8 Å². The summed E-state index contributed by atoms with van der Waals surface area (Å²) in [4.78, 5) is 30.0. The molecule has 0 fully saturated rings. The van der Waals surface area contributed by atoms with Gasteiger partial charge in [-0.05, 0) is 61.2 Å². The van der Waals surface area contributed by atoms with Gasteiger partial charge in [-0.2, -0.15) is 0 Å². The number of rotatable bonds is 13. The molecule has 2 amide bonds. The zero-order valence-corrected chi connectivity index (χ0v) is 28.5. The Labute approximate surface area is 275 Å². The lowest BCUT2D eigenvalue weighted by atomic mass is 10.0. The molecule has 236 valence electrons. The standard InChI is InChI=1S/C36H40BrN3O4S/c1-26(2)23-38-36(42)34(21-29-9-6-5-7-10-29)39(24-30-17-13-27(3)14-18-30)35(41)25-40(32-12-8-11-31(37)22-32)45(43,44)33-19-15-28(4)16-20-33/h5-20,22,26,34H,21,23-25H2,1-4H3,(H,38,42). The number of hydrogen-bond donors (Lipinski definition) is 1. The van der Waals surface area contributed by atoms with Crippen LogP contribution in [0.4, 0.5) is 5.69 Å². The summed E-state index contributed by atoms with van der Waals surface area (Å²) in [5.41, 5.74) is 4.04. The van der Waals surface area contributed by atoms with Gasteiger partial charge in [-0.1, -0.05) is 114 Å². The molecule has 0 saturated heterocycles. The van der Waals surface area contributed by atoms with Crippen molar-refractivity contribution in [1.29, 1.82) is 0 Å². The van der Waals surface area contributed by atoms with Gasteiger partial charge in [-0.25, -0.2) is 8.42 Å². The van der Waals surface area contributed by atoms with E-state index in [9.17, 15) is 18.0 Å². The third-order valence-electron chi connectivity index (χ3n) is 7.41. The predicted octanol–water partition coefficient (Wildman–Crippen LogP) is 6.67. The lowest BCUT2D eigenvalue weighted by molar-refractivity contribution is -0.140. The SMILES string of the molecule is Cc1ccc(CN(C(=O)CN(c2cccc(Br)c2)S(=O)(=O)c2ccc(C)cc2)C(Cc2ccccc2)C(=O)NCC(C)C)cc1. The highest BCUT2D eigenvalue weighted by Crippen LogP contribution is 2.27. The van der Waals surface area contributed by atoms with Crippen molar-refractivity contribution < 1.29 is 18.0 Å². The van der Waals surface area contributed by atoms with E-state index in [0.29, 0.717) is 16.7 Å². The van der Waals surface area contributed by atoms with Crippen molar-refractivity contribution in [2.75, 3.05) is 17.4 Å². The summed E-state index contributed by atoms with van der Waals surface area (Å²) < 4.78 is 30.1. The first-order chi connectivity index (χ1) is 21.4. The molecule has 0 aliphatic rings. The fourth-order valence-electron chi connectivity index (χ4n) is 4.86. The Balaban J connectivity index is 1.79.